The number of anilines is 3. The lowest BCUT2D eigenvalue weighted by atomic mass is 10.1. The fourth-order valence-corrected chi connectivity index (χ4v) is 3.26. The topological polar surface area (TPSA) is 78.9 Å². The molecule has 1 aromatic heterocycles. The first-order valence-electron chi connectivity index (χ1n) is 8.61. The first-order valence-corrected chi connectivity index (χ1v) is 8.99. The summed E-state index contributed by atoms with van der Waals surface area (Å²) in [6.07, 6.45) is 3.27. The average Bonchev–Trinajstić information content (AvgIpc) is 3.20. The lowest BCUT2D eigenvalue weighted by Crippen LogP contribution is -2.35. The van der Waals surface area contributed by atoms with Crippen molar-refractivity contribution in [1.29, 1.82) is 0 Å². The molecule has 2 heterocycles. The number of aromatic nitrogens is 2. The third-order valence-corrected chi connectivity index (χ3v) is 4.75. The number of halogens is 2. The molecule has 2 aromatic carbocycles. The van der Waals surface area contributed by atoms with Gasteiger partial charge in [0.25, 0.3) is 0 Å². The number of nitrogens with one attached hydrogen (secondary N) is 3. The first kappa shape index (κ1) is 17.6. The molecule has 1 aliphatic rings. The maximum Gasteiger partial charge on any atom is 0.241 e. The van der Waals surface area contributed by atoms with E-state index in [2.05, 4.69) is 25.9 Å². The minimum atomic E-state index is -0.486. The van der Waals surface area contributed by atoms with Crippen molar-refractivity contribution in [1.82, 2.24) is 15.3 Å². The van der Waals surface area contributed by atoms with E-state index in [9.17, 15) is 9.18 Å². The molecule has 0 bridgehead atoms. The molecule has 27 heavy (non-hydrogen) atoms. The number of hydrogen-bond donors (Lipinski definition) is 3. The normalized spacial score (nSPS) is 16.4. The van der Waals surface area contributed by atoms with Gasteiger partial charge in [0.05, 0.1) is 16.6 Å². The van der Waals surface area contributed by atoms with Crippen LogP contribution in [0.2, 0.25) is 5.02 Å². The number of benzene rings is 2. The highest BCUT2D eigenvalue weighted by Crippen LogP contribution is 2.27. The van der Waals surface area contributed by atoms with Crippen molar-refractivity contribution in [3.05, 3.63) is 53.6 Å². The zero-order valence-electron chi connectivity index (χ0n) is 14.3. The van der Waals surface area contributed by atoms with E-state index in [1.165, 1.54) is 18.5 Å². The van der Waals surface area contributed by atoms with Crippen LogP contribution in [-0.4, -0.2) is 28.5 Å². The number of fused-ring (bicyclic) bond motifs is 1. The van der Waals surface area contributed by atoms with Crippen molar-refractivity contribution in [2.45, 2.75) is 18.9 Å². The van der Waals surface area contributed by atoms with Crippen LogP contribution in [-0.2, 0) is 4.79 Å². The van der Waals surface area contributed by atoms with Crippen LogP contribution in [0.5, 0.6) is 0 Å². The summed E-state index contributed by atoms with van der Waals surface area (Å²) in [5, 5.41) is 9.98. The molecule has 0 saturated carbocycles. The molecule has 1 atom stereocenters. The Hall–Kier alpha value is -2.77. The Kier molecular flexibility index (Phi) is 4.87. The van der Waals surface area contributed by atoms with Crippen molar-refractivity contribution in [3.8, 4) is 0 Å². The van der Waals surface area contributed by atoms with Crippen LogP contribution in [0, 0.1) is 5.82 Å². The summed E-state index contributed by atoms with van der Waals surface area (Å²) in [4.78, 5) is 20.8. The van der Waals surface area contributed by atoms with Crippen molar-refractivity contribution in [2.24, 2.45) is 0 Å². The van der Waals surface area contributed by atoms with Crippen molar-refractivity contribution in [3.63, 3.8) is 0 Å². The van der Waals surface area contributed by atoms with E-state index in [0.29, 0.717) is 17.2 Å². The van der Waals surface area contributed by atoms with Gasteiger partial charge in [-0.15, -0.1) is 0 Å². The molecule has 3 N–H and O–H groups in total. The summed E-state index contributed by atoms with van der Waals surface area (Å²) in [5.74, 6) is 0.00146. The lowest BCUT2D eigenvalue weighted by Gasteiger charge is -2.13. The van der Waals surface area contributed by atoms with Gasteiger partial charge in [-0.1, -0.05) is 11.6 Å². The fourth-order valence-electron chi connectivity index (χ4n) is 3.08. The zero-order valence-corrected chi connectivity index (χ0v) is 15.1. The van der Waals surface area contributed by atoms with E-state index >= 15 is 0 Å². The number of carbonyl (C=O) groups excluding carboxylic acids is 1. The fraction of sp³-hybridized carbons (Fsp3) is 0.211. The number of hydrogen-bond acceptors (Lipinski definition) is 5. The smallest absolute Gasteiger partial charge is 0.241 e. The molecule has 8 heteroatoms. The van der Waals surface area contributed by atoms with Gasteiger partial charge in [0.1, 0.15) is 18.0 Å². The van der Waals surface area contributed by atoms with E-state index < -0.39 is 5.82 Å². The first-order chi connectivity index (χ1) is 13.1. The van der Waals surface area contributed by atoms with E-state index in [4.69, 9.17) is 11.6 Å². The molecule has 0 spiro atoms. The standard InChI is InChI=1S/C19H17ClFN5O/c20-14-9-12(3-5-15(14)21)25-18-13-8-11(4-6-16(13)23-10-24-18)26-19(27)17-2-1-7-22-17/h3-6,8-10,17,22H,1-2,7H2,(H,26,27)(H,23,24,25)/t17-/m1/s1. The van der Waals surface area contributed by atoms with Gasteiger partial charge in [0.2, 0.25) is 5.91 Å². The van der Waals surface area contributed by atoms with Crippen molar-refractivity contribution in [2.75, 3.05) is 17.2 Å². The highest BCUT2D eigenvalue weighted by atomic mass is 35.5. The van der Waals surface area contributed by atoms with Crippen LogP contribution < -0.4 is 16.0 Å². The maximum absolute atomic E-state index is 13.4. The highest BCUT2D eigenvalue weighted by Gasteiger charge is 2.22. The molecule has 4 rings (SSSR count). The van der Waals surface area contributed by atoms with Crippen LogP contribution in [0.4, 0.5) is 21.6 Å². The Balaban J connectivity index is 1.62. The average molecular weight is 386 g/mol. The summed E-state index contributed by atoms with van der Waals surface area (Å²) in [6.45, 7) is 0.859. The van der Waals surface area contributed by atoms with Crippen LogP contribution in [0.1, 0.15) is 12.8 Å². The van der Waals surface area contributed by atoms with Gasteiger partial charge in [-0.25, -0.2) is 14.4 Å². The molecule has 1 aliphatic heterocycles. The van der Waals surface area contributed by atoms with E-state index in [1.807, 2.05) is 12.1 Å². The van der Waals surface area contributed by atoms with Gasteiger partial charge in [-0.3, -0.25) is 4.79 Å². The van der Waals surface area contributed by atoms with E-state index in [0.717, 1.165) is 30.3 Å². The molecule has 138 valence electrons. The third kappa shape index (κ3) is 3.84. The highest BCUT2D eigenvalue weighted by molar-refractivity contribution is 6.31. The zero-order chi connectivity index (χ0) is 18.8. The molecule has 3 aromatic rings. The van der Waals surface area contributed by atoms with Crippen LogP contribution >= 0.6 is 11.6 Å². The SMILES string of the molecule is O=C(Nc1ccc2ncnc(Nc3ccc(F)c(Cl)c3)c2c1)[C@H]1CCCN1. The summed E-state index contributed by atoms with van der Waals surface area (Å²) in [5.41, 5.74) is 1.99. The van der Waals surface area contributed by atoms with Crippen LogP contribution in [0.25, 0.3) is 10.9 Å². The van der Waals surface area contributed by atoms with Gasteiger partial charge in [0, 0.05) is 16.8 Å². The summed E-state index contributed by atoms with van der Waals surface area (Å²) < 4.78 is 13.4. The predicted octanol–water partition coefficient (Wildman–Crippen LogP) is 3.86. The number of rotatable bonds is 4. The Morgan fingerprint density at radius 3 is 2.81 bits per heavy atom. The molecule has 0 aliphatic carbocycles. The summed E-state index contributed by atoms with van der Waals surface area (Å²) in [7, 11) is 0. The quantitative estimate of drug-likeness (QED) is 0.635. The maximum atomic E-state index is 13.4. The van der Waals surface area contributed by atoms with E-state index in [-0.39, 0.29) is 17.0 Å². The number of nitrogens with zero attached hydrogens (tertiary/aromatic N) is 2. The van der Waals surface area contributed by atoms with Gasteiger partial charge in [-0.05, 0) is 55.8 Å². The second-order valence-corrected chi connectivity index (χ2v) is 6.75. The molecule has 1 fully saturated rings. The van der Waals surface area contributed by atoms with Gasteiger partial charge in [-0.2, -0.15) is 0 Å². The van der Waals surface area contributed by atoms with Crippen LogP contribution in [0.15, 0.2) is 42.7 Å². The molecular formula is C19H17ClFN5O. The second-order valence-electron chi connectivity index (χ2n) is 6.35. The minimum Gasteiger partial charge on any atom is -0.340 e. The number of amides is 1. The number of carbonyl (C=O) groups is 1. The molecule has 6 nitrogen and oxygen atoms in total. The minimum absolute atomic E-state index is 0.0235. The Labute approximate surface area is 160 Å². The summed E-state index contributed by atoms with van der Waals surface area (Å²) >= 11 is 5.84. The van der Waals surface area contributed by atoms with Crippen molar-refractivity contribution < 1.29 is 9.18 Å². The predicted molar refractivity (Wildman–Crippen MR) is 104 cm³/mol. The second kappa shape index (κ2) is 7.46. The largest absolute Gasteiger partial charge is 0.340 e. The monoisotopic (exact) mass is 385 g/mol. The lowest BCUT2D eigenvalue weighted by molar-refractivity contribution is -0.117. The van der Waals surface area contributed by atoms with Gasteiger partial charge < -0.3 is 16.0 Å². The Bertz CT molecular complexity index is 1010. The molecular weight excluding hydrogens is 369 g/mol. The van der Waals surface area contributed by atoms with Gasteiger partial charge >= 0.3 is 0 Å². The molecule has 1 amide bonds. The summed E-state index contributed by atoms with van der Waals surface area (Å²) in [6, 6.07) is 9.63. The Morgan fingerprint density at radius 1 is 1.19 bits per heavy atom. The molecule has 0 radical (unpaired) electrons. The molecule has 1 saturated heterocycles. The van der Waals surface area contributed by atoms with E-state index in [1.54, 1.807) is 12.1 Å². The van der Waals surface area contributed by atoms with Crippen molar-refractivity contribution >= 4 is 45.6 Å². The molecule has 0 unspecified atom stereocenters. The van der Waals surface area contributed by atoms with Crippen LogP contribution in [0.3, 0.4) is 0 Å². The van der Waals surface area contributed by atoms with Gasteiger partial charge in [0.15, 0.2) is 0 Å². The third-order valence-electron chi connectivity index (χ3n) is 4.46. The Morgan fingerprint density at radius 2 is 2.04 bits per heavy atom.